The Kier molecular flexibility index (Phi) is 4.63. The standard InChI is InChI=1S/C16H19ClN4O2/c1-10-8-21(9-13(10)15(18)22)7-6-14-19-16(20-23-14)11-2-4-12(17)5-3-11/h2-5,10,13H,6-9H2,1H3,(H2,18,22)/t10-,13-/m1/s1. The smallest absolute Gasteiger partial charge is 0.228 e. The van der Waals surface area contributed by atoms with Crippen molar-refractivity contribution < 1.29 is 9.32 Å². The summed E-state index contributed by atoms with van der Waals surface area (Å²) in [5.41, 5.74) is 6.29. The number of aromatic nitrogens is 2. The Hall–Kier alpha value is -1.92. The molecular formula is C16H19ClN4O2. The van der Waals surface area contributed by atoms with Gasteiger partial charge in [0.2, 0.25) is 17.6 Å². The van der Waals surface area contributed by atoms with Gasteiger partial charge in [-0.1, -0.05) is 23.7 Å². The number of hydrogen-bond acceptors (Lipinski definition) is 5. The molecule has 0 aliphatic carbocycles. The summed E-state index contributed by atoms with van der Waals surface area (Å²) in [6, 6.07) is 7.30. The lowest BCUT2D eigenvalue weighted by atomic mass is 9.98. The lowest BCUT2D eigenvalue weighted by molar-refractivity contribution is -0.122. The topological polar surface area (TPSA) is 85.2 Å². The minimum Gasteiger partial charge on any atom is -0.369 e. The molecule has 0 saturated carbocycles. The zero-order valence-electron chi connectivity index (χ0n) is 12.9. The number of nitrogens with zero attached hydrogens (tertiary/aromatic N) is 3. The van der Waals surface area contributed by atoms with Crippen molar-refractivity contribution in [3.05, 3.63) is 35.2 Å². The van der Waals surface area contributed by atoms with Crippen LogP contribution in [0.3, 0.4) is 0 Å². The van der Waals surface area contributed by atoms with Crippen LogP contribution in [0, 0.1) is 11.8 Å². The number of benzene rings is 1. The highest BCUT2D eigenvalue weighted by molar-refractivity contribution is 6.30. The zero-order chi connectivity index (χ0) is 16.4. The third-order valence-electron chi connectivity index (χ3n) is 4.27. The molecule has 2 atom stereocenters. The van der Waals surface area contributed by atoms with E-state index in [0.717, 1.165) is 18.7 Å². The first-order chi connectivity index (χ1) is 11.0. The van der Waals surface area contributed by atoms with Crippen LogP contribution in [0.5, 0.6) is 0 Å². The third-order valence-corrected chi connectivity index (χ3v) is 4.52. The predicted octanol–water partition coefficient (Wildman–Crippen LogP) is 1.99. The highest BCUT2D eigenvalue weighted by Gasteiger charge is 2.33. The molecule has 0 radical (unpaired) electrons. The summed E-state index contributed by atoms with van der Waals surface area (Å²) in [7, 11) is 0. The molecule has 1 aromatic carbocycles. The van der Waals surface area contributed by atoms with Gasteiger partial charge in [-0.25, -0.2) is 0 Å². The average Bonchev–Trinajstić information content (AvgIpc) is 3.12. The summed E-state index contributed by atoms with van der Waals surface area (Å²) >= 11 is 5.87. The molecule has 2 heterocycles. The summed E-state index contributed by atoms with van der Waals surface area (Å²) < 4.78 is 5.30. The fourth-order valence-corrected chi connectivity index (χ4v) is 3.07. The molecule has 7 heteroatoms. The molecular weight excluding hydrogens is 316 g/mol. The van der Waals surface area contributed by atoms with Crippen molar-refractivity contribution >= 4 is 17.5 Å². The van der Waals surface area contributed by atoms with E-state index < -0.39 is 0 Å². The van der Waals surface area contributed by atoms with E-state index in [4.69, 9.17) is 21.9 Å². The summed E-state index contributed by atoms with van der Waals surface area (Å²) in [5.74, 6) is 1.15. The molecule has 0 bridgehead atoms. The largest absolute Gasteiger partial charge is 0.369 e. The van der Waals surface area contributed by atoms with Gasteiger partial charge in [0.15, 0.2) is 0 Å². The summed E-state index contributed by atoms with van der Waals surface area (Å²) in [4.78, 5) is 18.0. The molecule has 0 unspecified atom stereocenters. The molecule has 3 rings (SSSR count). The molecule has 23 heavy (non-hydrogen) atoms. The van der Waals surface area contributed by atoms with Crippen LogP contribution in [0.15, 0.2) is 28.8 Å². The average molecular weight is 335 g/mol. The molecule has 1 aromatic heterocycles. The molecule has 1 aliphatic rings. The Labute approximate surface area is 139 Å². The molecule has 1 fully saturated rings. The van der Waals surface area contributed by atoms with E-state index in [9.17, 15) is 4.79 Å². The third kappa shape index (κ3) is 3.71. The maximum atomic E-state index is 11.4. The van der Waals surface area contributed by atoms with E-state index in [1.54, 1.807) is 12.1 Å². The zero-order valence-corrected chi connectivity index (χ0v) is 13.7. The van der Waals surface area contributed by atoms with E-state index in [0.29, 0.717) is 35.6 Å². The summed E-state index contributed by atoms with van der Waals surface area (Å²) in [6.07, 6.45) is 0.652. The summed E-state index contributed by atoms with van der Waals surface area (Å²) in [5, 5.41) is 4.67. The van der Waals surface area contributed by atoms with Gasteiger partial charge in [-0.15, -0.1) is 0 Å². The number of hydrogen-bond donors (Lipinski definition) is 1. The minimum atomic E-state index is -0.220. The van der Waals surface area contributed by atoms with Gasteiger partial charge in [-0.05, 0) is 30.2 Å². The van der Waals surface area contributed by atoms with E-state index in [2.05, 4.69) is 22.0 Å². The molecule has 0 spiro atoms. The van der Waals surface area contributed by atoms with Gasteiger partial charge in [-0.2, -0.15) is 4.98 Å². The molecule has 1 aliphatic heterocycles. The van der Waals surface area contributed by atoms with Gasteiger partial charge in [0, 0.05) is 36.6 Å². The second-order valence-corrected chi connectivity index (χ2v) is 6.45. The van der Waals surface area contributed by atoms with Crippen molar-refractivity contribution in [2.75, 3.05) is 19.6 Å². The van der Waals surface area contributed by atoms with Crippen LogP contribution in [0.25, 0.3) is 11.4 Å². The Balaban J connectivity index is 1.58. The predicted molar refractivity (Wildman–Crippen MR) is 86.7 cm³/mol. The number of halogens is 1. The first-order valence-electron chi connectivity index (χ1n) is 7.63. The Morgan fingerprint density at radius 1 is 1.39 bits per heavy atom. The molecule has 122 valence electrons. The first-order valence-corrected chi connectivity index (χ1v) is 8.01. The normalized spacial score (nSPS) is 21.7. The Morgan fingerprint density at radius 3 is 2.78 bits per heavy atom. The van der Waals surface area contributed by atoms with Crippen LogP contribution in [0.4, 0.5) is 0 Å². The molecule has 6 nitrogen and oxygen atoms in total. The highest BCUT2D eigenvalue weighted by atomic mass is 35.5. The van der Waals surface area contributed by atoms with Gasteiger partial charge in [0.1, 0.15) is 0 Å². The monoisotopic (exact) mass is 334 g/mol. The van der Waals surface area contributed by atoms with E-state index >= 15 is 0 Å². The SMILES string of the molecule is C[C@@H]1CN(CCc2nc(-c3ccc(Cl)cc3)no2)C[C@H]1C(N)=O. The number of carbonyl (C=O) groups excluding carboxylic acids is 1. The van der Waals surface area contributed by atoms with Gasteiger partial charge in [0.05, 0.1) is 5.92 Å². The molecule has 1 saturated heterocycles. The fourth-order valence-electron chi connectivity index (χ4n) is 2.95. The molecule has 2 aromatic rings. The van der Waals surface area contributed by atoms with Crippen LogP contribution in [-0.2, 0) is 11.2 Å². The van der Waals surface area contributed by atoms with Crippen LogP contribution in [-0.4, -0.2) is 40.6 Å². The quantitative estimate of drug-likeness (QED) is 0.903. The van der Waals surface area contributed by atoms with Crippen molar-refractivity contribution in [2.45, 2.75) is 13.3 Å². The fraction of sp³-hybridized carbons (Fsp3) is 0.438. The van der Waals surface area contributed by atoms with Crippen LogP contribution >= 0.6 is 11.6 Å². The Bertz CT molecular complexity index is 686. The number of rotatable bonds is 5. The van der Waals surface area contributed by atoms with Gasteiger partial charge < -0.3 is 15.2 Å². The van der Waals surface area contributed by atoms with E-state index in [-0.39, 0.29) is 11.8 Å². The highest BCUT2D eigenvalue weighted by Crippen LogP contribution is 2.23. The Morgan fingerprint density at radius 2 is 2.13 bits per heavy atom. The molecule has 2 N–H and O–H groups in total. The summed E-state index contributed by atoms with van der Waals surface area (Å²) in [6.45, 7) is 4.40. The van der Waals surface area contributed by atoms with Crippen LogP contribution in [0.1, 0.15) is 12.8 Å². The maximum Gasteiger partial charge on any atom is 0.228 e. The maximum absolute atomic E-state index is 11.4. The van der Waals surface area contributed by atoms with Gasteiger partial charge >= 0.3 is 0 Å². The number of nitrogens with two attached hydrogens (primary N) is 1. The number of amides is 1. The number of likely N-dealkylation sites (tertiary alicyclic amines) is 1. The molecule has 1 amide bonds. The van der Waals surface area contributed by atoms with Crippen molar-refractivity contribution in [3.63, 3.8) is 0 Å². The number of carbonyl (C=O) groups is 1. The van der Waals surface area contributed by atoms with Gasteiger partial charge in [-0.3, -0.25) is 4.79 Å². The first kappa shape index (κ1) is 16.0. The van der Waals surface area contributed by atoms with Crippen molar-refractivity contribution in [2.24, 2.45) is 17.6 Å². The van der Waals surface area contributed by atoms with E-state index in [1.807, 2.05) is 12.1 Å². The van der Waals surface area contributed by atoms with Crippen molar-refractivity contribution in [1.82, 2.24) is 15.0 Å². The lowest BCUT2D eigenvalue weighted by Crippen LogP contribution is -2.29. The van der Waals surface area contributed by atoms with E-state index in [1.165, 1.54) is 0 Å². The van der Waals surface area contributed by atoms with Gasteiger partial charge in [0.25, 0.3) is 0 Å². The lowest BCUT2D eigenvalue weighted by Gasteiger charge is -2.13. The van der Waals surface area contributed by atoms with Crippen molar-refractivity contribution in [1.29, 1.82) is 0 Å². The minimum absolute atomic E-state index is 0.0673. The van der Waals surface area contributed by atoms with Crippen LogP contribution < -0.4 is 5.73 Å². The van der Waals surface area contributed by atoms with Crippen LogP contribution in [0.2, 0.25) is 5.02 Å². The second kappa shape index (κ2) is 6.68. The second-order valence-electron chi connectivity index (χ2n) is 6.01. The number of primary amides is 1. The van der Waals surface area contributed by atoms with Crippen molar-refractivity contribution in [3.8, 4) is 11.4 Å².